The number of rotatable bonds is 2. The van der Waals surface area contributed by atoms with E-state index in [1.165, 1.54) is 10.6 Å². The lowest BCUT2D eigenvalue weighted by Crippen LogP contribution is -2.50. The zero-order valence-corrected chi connectivity index (χ0v) is 8.19. The molecule has 1 aliphatic rings. The molecule has 14 heavy (non-hydrogen) atoms. The van der Waals surface area contributed by atoms with Crippen molar-refractivity contribution >= 4 is 0 Å². The van der Waals surface area contributed by atoms with E-state index in [0.29, 0.717) is 0 Å². The molecular formula is C11H16N2O. The van der Waals surface area contributed by atoms with E-state index in [1.807, 2.05) is 18.2 Å². The minimum atomic E-state index is 0.214. The van der Waals surface area contributed by atoms with Crippen LogP contribution in [0.4, 0.5) is 0 Å². The van der Waals surface area contributed by atoms with E-state index in [4.69, 9.17) is 0 Å². The van der Waals surface area contributed by atoms with Crippen molar-refractivity contribution in [3.63, 3.8) is 0 Å². The van der Waals surface area contributed by atoms with Crippen molar-refractivity contribution in [2.24, 2.45) is 0 Å². The van der Waals surface area contributed by atoms with E-state index in [0.717, 1.165) is 26.1 Å². The van der Waals surface area contributed by atoms with Crippen LogP contribution in [0.5, 0.6) is 0 Å². The first-order valence-electron chi connectivity index (χ1n) is 5.06. The highest BCUT2D eigenvalue weighted by molar-refractivity contribution is 5.16. The van der Waals surface area contributed by atoms with Crippen LogP contribution >= 0.6 is 0 Å². The minimum Gasteiger partial charge on any atom is -0.314 e. The Balaban J connectivity index is 1.96. The largest absolute Gasteiger partial charge is 0.314 e. The Bertz CT molecular complexity index is 276. The fourth-order valence-electron chi connectivity index (χ4n) is 1.81. The number of hydrogen-bond donors (Lipinski definition) is 2. The van der Waals surface area contributed by atoms with Crippen molar-refractivity contribution in [2.45, 2.75) is 12.5 Å². The van der Waals surface area contributed by atoms with Crippen molar-refractivity contribution in [1.82, 2.24) is 10.4 Å². The van der Waals surface area contributed by atoms with Gasteiger partial charge in [0.05, 0.1) is 6.04 Å². The van der Waals surface area contributed by atoms with E-state index in [2.05, 4.69) is 17.4 Å². The van der Waals surface area contributed by atoms with Crippen LogP contribution < -0.4 is 5.32 Å². The molecular weight excluding hydrogens is 176 g/mol. The molecule has 76 valence electrons. The predicted octanol–water partition coefficient (Wildman–Crippen LogP) is 0.892. The summed E-state index contributed by atoms with van der Waals surface area (Å²) in [5, 5.41) is 14.4. The Hall–Kier alpha value is -0.900. The lowest BCUT2D eigenvalue weighted by Gasteiger charge is -2.31. The van der Waals surface area contributed by atoms with Crippen molar-refractivity contribution in [1.29, 1.82) is 0 Å². The van der Waals surface area contributed by atoms with Gasteiger partial charge in [0.2, 0.25) is 0 Å². The van der Waals surface area contributed by atoms with Gasteiger partial charge in [0.15, 0.2) is 0 Å². The zero-order chi connectivity index (χ0) is 9.80. The average molecular weight is 192 g/mol. The SMILES string of the molecule is ON1CCNCC1Cc1ccccc1. The van der Waals surface area contributed by atoms with Crippen molar-refractivity contribution in [2.75, 3.05) is 19.6 Å². The fraction of sp³-hybridized carbons (Fsp3) is 0.455. The Labute approximate surface area is 84.3 Å². The Morgan fingerprint density at radius 3 is 2.86 bits per heavy atom. The molecule has 1 aromatic rings. The number of nitrogens with zero attached hydrogens (tertiary/aromatic N) is 1. The molecule has 1 aliphatic heterocycles. The second kappa shape index (κ2) is 4.55. The van der Waals surface area contributed by atoms with Gasteiger partial charge in [0, 0.05) is 19.6 Å². The quantitative estimate of drug-likeness (QED) is 0.730. The summed E-state index contributed by atoms with van der Waals surface area (Å²) in [6.45, 7) is 2.46. The molecule has 1 aromatic carbocycles. The van der Waals surface area contributed by atoms with Gasteiger partial charge in [-0.3, -0.25) is 0 Å². The summed E-state index contributed by atoms with van der Waals surface area (Å²) >= 11 is 0. The van der Waals surface area contributed by atoms with Crippen LogP contribution in [-0.2, 0) is 6.42 Å². The molecule has 1 heterocycles. The van der Waals surface area contributed by atoms with Crippen LogP contribution in [0, 0.1) is 0 Å². The highest BCUT2D eigenvalue weighted by atomic mass is 16.5. The molecule has 2 rings (SSSR count). The summed E-state index contributed by atoms with van der Waals surface area (Å²) in [6, 6.07) is 10.5. The van der Waals surface area contributed by atoms with E-state index >= 15 is 0 Å². The van der Waals surface area contributed by atoms with Gasteiger partial charge in [-0.25, -0.2) is 0 Å². The standard InChI is InChI=1S/C11H16N2O/c14-13-7-6-12-9-11(13)8-10-4-2-1-3-5-10/h1-5,11-12,14H,6-9H2. The number of benzene rings is 1. The van der Waals surface area contributed by atoms with Gasteiger partial charge in [-0.1, -0.05) is 30.3 Å². The van der Waals surface area contributed by atoms with E-state index in [-0.39, 0.29) is 6.04 Å². The topological polar surface area (TPSA) is 35.5 Å². The van der Waals surface area contributed by atoms with Gasteiger partial charge in [-0.2, -0.15) is 5.06 Å². The van der Waals surface area contributed by atoms with E-state index in [1.54, 1.807) is 0 Å². The van der Waals surface area contributed by atoms with Crippen LogP contribution in [-0.4, -0.2) is 35.9 Å². The van der Waals surface area contributed by atoms with Gasteiger partial charge in [0.1, 0.15) is 0 Å². The maximum Gasteiger partial charge on any atom is 0.0515 e. The Morgan fingerprint density at radius 1 is 1.36 bits per heavy atom. The summed E-state index contributed by atoms with van der Waals surface area (Å²) in [6.07, 6.45) is 0.907. The molecule has 1 fully saturated rings. The zero-order valence-electron chi connectivity index (χ0n) is 8.19. The molecule has 2 N–H and O–H groups in total. The lowest BCUT2D eigenvalue weighted by molar-refractivity contribution is -0.135. The van der Waals surface area contributed by atoms with Crippen LogP contribution in [0.1, 0.15) is 5.56 Å². The molecule has 0 saturated carbocycles. The number of hydroxylamine groups is 2. The van der Waals surface area contributed by atoms with Gasteiger partial charge >= 0.3 is 0 Å². The van der Waals surface area contributed by atoms with Crippen LogP contribution in [0.15, 0.2) is 30.3 Å². The average Bonchev–Trinajstić information content (AvgIpc) is 2.23. The van der Waals surface area contributed by atoms with Gasteiger partial charge in [-0.15, -0.1) is 0 Å². The highest BCUT2D eigenvalue weighted by Gasteiger charge is 2.20. The summed E-state index contributed by atoms with van der Waals surface area (Å²) in [7, 11) is 0. The smallest absolute Gasteiger partial charge is 0.0515 e. The molecule has 0 spiro atoms. The minimum absolute atomic E-state index is 0.214. The Morgan fingerprint density at radius 2 is 2.14 bits per heavy atom. The monoisotopic (exact) mass is 192 g/mol. The van der Waals surface area contributed by atoms with Crippen LogP contribution in [0.2, 0.25) is 0 Å². The number of piperazine rings is 1. The fourth-order valence-corrected chi connectivity index (χ4v) is 1.81. The van der Waals surface area contributed by atoms with Gasteiger partial charge in [-0.05, 0) is 12.0 Å². The molecule has 0 aromatic heterocycles. The molecule has 3 heteroatoms. The first kappa shape index (κ1) is 9.65. The van der Waals surface area contributed by atoms with E-state index < -0.39 is 0 Å². The molecule has 1 atom stereocenters. The molecule has 0 amide bonds. The number of hydrogen-bond acceptors (Lipinski definition) is 3. The summed E-state index contributed by atoms with van der Waals surface area (Å²) in [4.78, 5) is 0. The number of nitrogens with one attached hydrogen (secondary N) is 1. The third-order valence-electron chi connectivity index (χ3n) is 2.63. The lowest BCUT2D eigenvalue weighted by atomic mass is 10.0. The molecule has 0 radical (unpaired) electrons. The molecule has 0 aliphatic carbocycles. The first-order chi connectivity index (χ1) is 6.86. The van der Waals surface area contributed by atoms with Crippen LogP contribution in [0.3, 0.4) is 0 Å². The predicted molar refractivity (Wildman–Crippen MR) is 55.3 cm³/mol. The second-order valence-corrected chi connectivity index (χ2v) is 3.71. The maximum absolute atomic E-state index is 9.62. The molecule has 0 bridgehead atoms. The summed E-state index contributed by atoms with van der Waals surface area (Å²) in [5.41, 5.74) is 1.28. The summed E-state index contributed by atoms with van der Waals surface area (Å²) in [5.74, 6) is 0. The maximum atomic E-state index is 9.62. The Kier molecular flexibility index (Phi) is 3.14. The van der Waals surface area contributed by atoms with Crippen LogP contribution in [0.25, 0.3) is 0 Å². The van der Waals surface area contributed by atoms with Gasteiger partial charge in [0.25, 0.3) is 0 Å². The summed E-state index contributed by atoms with van der Waals surface area (Å²) < 4.78 is 0. The highest BCUT2D eigenvalue weighted by Crippen LogP contribution is 2.08. The second-order valence-electron chi connectivity index (χ2n) is 3.71. The third-order valence-corrected chi connectivity index (χ3v) is 2.63. The van der Waals surface area contributed by atoms with Crippen molar-refractivity contribution < 1.29 is 5.21 Å². The van der Waals surface area contributed by atoms with Gasteiger partial charge < -0.3 is 10.5 Å². The third kappa shape index (κ3) is 2.32. The molecule has 1 saturated heterocycles. The van der Waals surface area contributed by atoms with Crippen molar-refractivity contribution in [3.8, 4) is 0 Å². The van der Waals surface area contributed by atoms with Crippen molar-refractivity contribution in [3.05, 3.63) is 35.9 Å². The first-order valence-corrected chi connectivity index (χ1v) is 5.06. The molecule has 3 nitrogen and oxygen atoms in total. The van der Waals surface area contributed by atoms with E-state index in [9.17, 15) is 5.21 Å². The normalized spacial score (nSPS) is 23.6. The molecule has 1 unspecified atom stereocenters.